The van der Waals surface area contributed by atoms with Crippen LogP contribution in [0.2, 0.25) is 24.2 Å². The topological polar surface area (TPSA) is 0 Å². The molecule has 0 nitrogen and oxygen atoms in total. The molecule has 0 radical (unpaired) electrons. The zero-order valence-electron chi connectivity index (χ0n) is 24.4. The van der Waals surface area contributed by atoms with E-state index < -0.39 is 8.07 Å². The Hall–Kier alpha value is -0.563. The van der Waals surface area contributed by atoms with Gasteiger partial charge < -0.3 is 0 Å². The number of fused-ring (bicyclic) bond motifs is 2. The van der Waals surface area contributed by atoms with E-state index in [9.17, 15) is 0 Å². The van der Waals surface area contributed by atoms with Gasteiger partial charge in [-0.15, -0.1) is 0 Å². The van der Waals surface area contributed by atoms with Gasteiger partial charge in [-0.1, -0.05) is 76.9 Å². The highest BCUT2D eigenvalue weighted by atomic mass is 28.3. The van der Waals surface area contributed by atoms with Crippen molar-refractivity contribution in [1.82, 2.24) is 0 Å². The molecule has 12 unspecified atom stereocenters. The Balaban J connectivity index is 1.83. The van der Waals surface area contributed by atoms with Gasteiger partial charge in [-0.25, -0.2) is 0 Å². The first-order valence-electron chi connectivity index (χ1n) is 14.2. The molecule has 186 valence electrons. The number of rotatable bonds is 2. The van der Waals surface area contributed by atoms with Crippen LogP contribution in [0.1, 0.15) is 83.1 Å². The Kier molecular flexibility index (Phi) is 6.38. The van der Waals surface area contributed by atoms with Gasteiger partial charge in [0.15, 0.2) is 0 Å². The van der Waals surface area contributed by atoms with Crippen LogP contribution in [-0.2, 0) is 0 Å². The molecule has 0 aromatic rings. The molecule has 0 N–H and O–H groups in total. The van der Waals surface area contributed by atoms with Gasteiger partial charge in [0.25, 0.3) is 0 Å². The minimum atomic E-state index is -1.59. The molecular weight excluding hydrogens is 412 g/mol. The zero-order valence-corrected chi connectivity index (χ0v) is 25.4. The molecule has 0 aliphatic heterocycles. The second-order valence-electron chi connectivity index (χ2n) is 14.1. The lowest BCUT2D eigenvalue weighted by Gasteiger charge is -2.50. The molecule has 4 aliphatic carbocycles. The maximum Gasteiger partial charge on any atom is 0.0550 e. The van der Waals surface area contributed by atoms with Crippen molar-refractivity contribution in [2.75, 3.05) is 0 Å². The fourth-order valence-corrected chi connectivity index (χ4v) is 17.3. The lowest BCUT2D eigenvalue weighted by Crippen LogP contribution is -2.48. The average Bonchev–Trinajstić information content (AvgIpc) is 3.19. The van der Waals surface area contributed by atoms with Crippen molar-refractivity contribution < 1.29 is 0 Å². The summed E-state index contributed by atoms with van der Waals surface area (Å²) in [6, 6.07) is 0. The van der Waals surface area contributed by atoms with Crippen LogP contribution in [0, 0.1) is 59.2 Å². The third-order valence-corrected chi connectivity index (χ3v) is 18.4. The zero-order chi connectivity index (χ0) is 24.9. The number of hydrogen-bond donors (Lipinski definition) is 0. The SMILES string of the molecule is CC1=C(C)C2C(C)C(C)C([Si](C)(C)C3C(C)C(C)C4C(C)=C(C)C(C)C(C)C43)C2C(C)=C1C. The molecule has 0 spiro atoms. The first-order chi connectivity index (χ1) is 15.2. The summed E-state index contributed by atoms with van der Waals surface area (Å²) in [4.78, 5) is 0. The second-order valence-corrected chi connectivity index (χ2v) is 19.1. The van der Waals surface area contributed by atoms with E-state index in [0.717, 1.165) is 70.3 Å². The normalized spacial score (nSPS) is 48.5. The molecule has 0 saturated heterocycles. The highest BCUT2D eigenvalue weighted by Crippen LogP contribution is 2.69. The minimum absolute atomic E-state index is 0.745. The quantitative estimate of drug-likeness (QED) is 0.280. The molecule has 0 aromatic carbocycles. The maximum atomic E-state index is 2.85. The minimum Gasteiger partial charge on any atom is -0.0710 e. The Bertz CT molecular complexity index is 913. The molecule has 2 fully saturated rings. The fourth-order valence-electron chi connectivity index (χ4n) is 10.6. The van der Waals surface area contributed by atoms with E-state index in [2.05, 4.69) is 96.2 Å². The summed E-state index contributed by atoms with van der Waals surface area (Å²) in [6.07, 6.45) is 0. The van der Waals surface area contributed by atoms with Crippen LogP contribution in [0.25, 0.3) is 0 Å². The summed E-state index contributed by atoms with van der Waals surface area (Å²) in [6.45, 7) is 36.1. The third-order valence-electron chi connectivity index (χ3n) is 13.2. The van der Waals surface area contributed by atoms with Crippen molar-refractivity contribution in [3.8, 4) is 0 Å². The number of allylic oxidation sites excluding steroid dienone is 6. The van der Waals surface area contributed by atoms with E-state index in [1.165, 1.54) is 0 Å². The fraction of sp³-hybridized carbons (Fsp3) is 0.812. The molecule has 0 bridgehead atoms. The summed E-state index contributed by atoms with van der Waals surface area (Å²) in [5.74, 6) is 8.17. The molecule has 2 saturated carbocycles. The van der Waals surface area contributed by atoms with Crippen molar-refractivity contribution in [3.63, 3.8) is 0 Å². The largest absolute Gasteiger partial charge is 0.0710 e. The van der Waals surface area contributed by atoms with Crippen molar-refractivity contribution >= 4 is 8.07 Å². The van der Waals surface area contributed by atoms with E-state index in [-0.39, 0.29) is 0 Å². The van der Waals surface area contributed by atoms with Crippen LogP contribution in [0.3, 0.4) is 0 Å². The van der Waals surface area contributed by atoms with E-state index in [4.69, 9.17) is 0 Å². The molecule has 4 rings (SSSR count). The Morgan fingerprint density at radius 2 is 0.909 bits per heavy atom. The second kappa shape index (κ2) is 8.24. The van der Waals surface area contributed by atoms with Gasteiger partial charge in [-0.3, -0.25) is 0 Å². The van der Waals surface area contributed by atoms with E-state index in [1.807, 2.05) is 0 Å². The van der Waals surface area contributed by atoms with Gasteiger partial charge >= 0.3 is 0 Å². The van der Waals surface area contributed by atoms with Gasteiger partial charge in [0.05, 0.1) is 8.07 Å². The Morgan fingerprint density at radius 1 is 0.455 bits per heavy atom. The van der Waals surface area contributed by atoms with Crippen LogP contribution < -0.4 is 0 Å². The van der Waals surface area contributed by atoms with Crippen LogP contribution in [0.4, 0.5) is 0 Å². The molecule has 0 amide bonds. The van der Waals surface area contributed by atoms with Crippen molar-refractivity contribution in [2.45, 2.75) is 107 Å². The molecular formula is C32H54Si. The first-order valence-corrected chi connectivity index (χ1v) is 17.4. The molecule has 12 atom stereocenters. The van der Waals surface area contributed by atoms with Gasteiger partial charge in [0.1, 0.15) is 0 Å². The maximum absolute atomic E-state index is 2.85. The number of hydrogen-bond acceptors (Lipinski definition) is 0. The van der Waals surface area contributed by atoms with Crippen LogP contribution >= 0.6 is 0 Å². The molecule has 1 heteroatoms. The van der Waals surface area contributed by atoms with Crippen LogP contribution in [0.5, 0.6) is 0 Å². The molecule has 0 heterocycles. The van der Waals surface area contributed by atoms with Crippen molar-refractivity contribution in [1.29, 1.82) is 0 Å². The van der Waals surface area contributed by atoms with Gasteiger partial charge in [-0.2, -0.15) is 0 Å². The monoisotopic (exact) mass is 466 g/mol. The summed E-state index contributed by atoms with van der Waals surface area (Å²) in [5, 5.41) is 0. The predicted octanol–water partition coefficient (Wildman–Crippen LogP) is 9.78. The highest BCUT2D eigenvalue weighted by Gasteiger charge is 2.63. The molecule has 33 heavy (non-hydrogen) atoms. The van der Waals surface area contributed by atoms with E-state index >= 15 is 0 Å². The van der Waals surface area contributed by atoms with Gasteiger partial charge in [0.2, 0.25) is 0 Å². The van der Waals surface area contributed by atoms with Crippen molar-refractivity contribution in [3.05, 3.63) is 33.4 Å². The lowest BCUT2D eigenvalue weighted by atomic mass is 9.65. The van der Waals surface area contributed by atoms with Gasteiger partial charge in [0, 0.05) is 0 Å². The predicted molar refractivity (Wildman–Crippen MR) is 149 cm³/mol. The summed E-state index contributed by atoms with van der Waals surface area (Å²) in [7, 11) is -1.59. The van der Waals surface area contributed by atoms with Gasteiger partial charge in [-0.05, 0) is 123 Å². The average molecular weight is 467 g/mol. The Labute approximate surface area is 207 Å². The van der Waals surface area contributed by atoms with Crippen LogP contribution in [0.15, 0.2) is 33.4 Å². The summed E-state index contributed by atoms with van der Waals surface area (Å²) >= 11 is 0. The summed E-state index contributed by atoms with van der Waals surface area (Å²) < 4.78 is 0. The summed E-state index contributed by atoms with van der Waals surface area (Å²) in [5.41, 5.74) is 12.0. The van der Waals surface area contributed by atoms with Crippen LogP contribution in [-0.4, -0.2) is 8.07 Å². The van der Waals surface area contributed by atoms with Crippen molar-refractivity contribution in [2.24, 2.45) is 59.2 Å². The first kappa shape index (κ1) is 25.5. The molecule has 4 aliphatic rings. The highest BCUT2D eigenvalue weighted by molar-refractivity contribution is 6.80. The standard InChI is InChI=1S/C32H54Si/c1-15-17(3)21(7)29-27(19(15)5)23(9)25(11)31(29)33(13,14)32-26(12)24(10)28-20(6)16(2)18(4)22(8)30(28)32/h17,21,23-32H,1-14H3. The lowest BCUT2D eigenvalue weighted by molar-refractivity contribution is 0.205. The third kappa shape index (κ3) is 3.26. The smallest absolute Gasteiger partial charge is 0.0550 e. The van der Waals surface area contributed by atoms with E-state index in [0.29, 0.717) is 0 Å². The molecule has 0 aromatic heterocycles. The Morgan fingerprint density at radius 3 is 1.45 bits per heavy atom. The van der Waals surface area contributed by atoms with E-state index in [1.54, 1.807) is 33.4 Å².